The second-order valence-electron chi connectivity index (χ2n) is 4.54. The monoisotopic (exact) mass is 281 g/mol. The van der Waals surface area contributed by atoms with Crippen molar-refractivity contribution >= 4 is 16.9 Å². The summed E-state index contributed by atoms with van der Waals surface area (Å²) < 4.78 is 13.1. The number of fused-ring (bicyclic) bond motifs is 1. The zero-order valence-corrected chi connectivity index (χ0v) is 11.1. The van der Waals surface area contributed by atoms with Gasteiger partial charge in [0.15, 0.2) is 0 Å². The van der Waals surface area contributed by atoms with Crippen LogP contribution in [0.2, 0.25) is 0 Å². The molecule has 6 heteroatoms. The van der Waals surface area contributed by atoms with Gasteiger partial charge in [0, 0.05) is 13.0 Å². The van der Waals surface area contributed by atoms with Crippen molar-refractivity contribution in [2.24, 2.45) is 0 Å². The van der Waals surface area contributed by atoms with Crippen LogP contribution in [0.1, 0.15) is 11.5 Å². The fourth-order valence-electron chi connectivity index (χ4n) is 2.06. The molecule has 0 bridgehead atoms. The highest BCUT2D eigenvalue weighted by molar-refractivity contribution is 5.74. The third kappa shape index (κ3) is 2.98. The molecule has 0 saturated carbocycles. The van der Waals surface area contributed by atoms with Crippen LogP contribution < -0.4 is 5.32 Å². The molecule has 104 valence electrons. The number of benzene rings is 1. The summed E-state index contributed by atoms with van der Waals surface area (Å²) in [6, 6.07) is 11.7. The highest BCUT2D eigenvalue weighted by atomic mass is 19.1. The summed E-state index contributed by atoms with van der Waals surface area (Å²) in [5, 5.41) is 11.9. The molecule has 0 saturated heterocycles. The van der Waals surface area contributed by atoms with Gasteiger partial charge in [-0.15, -0.1) is 0 Å². The predicted molar refractivity (Wildman–Crippen MR) is 77.2 cm³/mol. The highest BCUT2D eigenvalue weighted by Crippen LogP contribution is 2.13. The highest BCUT2D eigenvalue weighted by Gasteiger charge is 2.04. The van der Waals surface area contributed by atoms with E-state index < -0.39 is 0 Å². The largest absolute Gasteiger partial charge is 0.370 e. The number of aromatic amines is 1. The molecule has 0 unspecified atom stereocenters. The summed E-state index contributed by atoms with van der Waals surface area (Å²) in [6.45, 7) is 0.615. The fraction of sp³-hybridized carbons (Fsp3) is 0.133. The molecule has 1 aromatic carbocycles. The van der Waals surface area contributed by atoms with Crippen molar-refractivity contribution in [1.82, 2.24) is 15.0 Å². The van der Waals surface area contributed by atoms with E-state index in [4.69, 9.17) is 5.26 Å². The number of nitrogens with zero attached hydrogens (tertiary/aromatic N) is 3. The number of aromatic nitrogens is 3. The molecule has 3 aromatic rings. The smallest absolute Gasteiger partial charge is 0.142 e. The minimum absolute atomic E-state index is 0.284. The second-order valence-corrected chi connectivity index (χ2v) is 4.54. The number of anilines is 1. The molecule has 21 heavy (non-hydrogen) atoms. The van der Waals surface area contributed by atoms with Crippen LogP contribution in [0, 0.1) is 17.1 Å². The first-order valence-electron chi connectivity index (χ1n) is 6.50. The van der Waals surface area contributed by atoms with Gasteiger partial charge < -0.3 is 10.3 Å². The number of hydrogen-bond donors (Lipinski definition) is 2. The van der Waals surface area contributed by atoms with Crippen molar-refractivity contribution in [2.75, 3.05) is 11.9 Å². The first-order chi connectivity index (χ1) is 10.2. The molecule has 5 nitrogen and oxygen atoms in total. The molecular weight excluding hydrogens is 269 g/mol. The lowest BCUT2D eigenvalue weighted by Crippen LogP contribution is -2.07. The maximum atomic E-state index is 13.1. The normalized spacial score (nSPS) is 10.5. The Morgan fingerprint density at radius 3 is 3.00 bits per heavy atom. The molecule has 3 rings (SSSR count). The number of imidazole rings is 1. The van der Waals surface area contributed by atoms with Gasteiger partial charge in [-0.05, 0) is 30.3 Å². The van der Waals surface area contributed by atoms with Gasteiger partial charge in [0.25, 0.3) is 0 Å². The molecular formula is C15H12FN5. The Morgan fingerprint density at radius 1 is 1.24 bits per heavy atom. The van der Waals surface area contributed by atoms with Crippen LogP contribution in [0.15, 0.2) is 36.4 Å². The summed E-state index contributed by atoms with van der Waals surface area (Å²) in [5.74, 6) is 1.14. The van der Waals surface area contributed by atoms with E-state index in [0.717, 1.165) is 11.3 Å². The molecule has 0 atom stereocenters. The summed E-state index contributed by atoms with van der Waals surface area (Å²) >= 11 is 0. The molecule has 0 spiro atoms. The SMILES string of the molecule is N#Cc1cccc(NCCc2nc3ccc(F)cc3[nH]2)n1. The van der Waals surface area contributed by atoms with Crippen molar-refractivity contribution in [2.45, 2.75) is 6.42 Å². The van der Waals surface area contributed by atoms with Gasteiger partial charge in [0.2, 0.25) is 0 Å². The molecule has 2 aromatic heterocycles. The third-order valence-corrected chi connectivity index (χ3v) is 3.02. The van der Waals surface area contributed by atoms with E-state index in [1.165, 1.54) is 12.1 Å². The maximum Gasteiger partial charge on any atom is 0.142 e. The zero-order chi connectivity index (χ0) is 14.7. The molecule has 0 aliphatic carbocycles. The van der Waals surface area contributed by atoms with Crippen LogP contribution in [0.5, 0.6) is 0 Å². The van der Waals surface area contributed by atoms with Crippen LogP contribution in [-0.4, -0.2) is 21.5 Å². The summed E-state index contributed by atoms with van der Waals surface area (Å²) in [6.07, 6.45) is 0.648. The lowest BCUT2D eigenvalue weighted by molar-refractivity contribution is 0.629. The van der Waals surface area contributed by atoms with Gasteiger partial charge in [-0.25, -0.2) is 14.4 Å². The van der Waals surface area contributed by atoms with Gasteiger partial charge in [0.05, 0.1) is 11.0 Å². The Balaban J connectivity index is 1.65. The minimum Gasteiger partial charge on any atom is -0.370 e. The molecule has 2 N–H and O–H groups in total. The van der Waals surface area contributed by atoms with Crippen LogP contribution in [0.4, 0.5) is 10.2 Å². The van der Waals surface area contributed by atoms with Gasteiger partial charge in [-0.3, -0.25) is 0 Å². The molecule has 0 fully saturated rings. The minimum atomic E-state index is -0.284. The van der Waals surface area contributed by atoms with E-state index in [1.807, 2.05) is 6.07 Å². The second kappa shape index (κ2) is 5.59. The Morgan fingerprint density at radius 2 is 2.14 bits per heavy atom. The van der Waals surface area contributed by atoms with E-state index in [-0.39, 0.29) is 5.82 Å². The average molecular weight is 281 g/mol. The number of pyridine rings is 1. The lowest BCUT2D eigenvalue weighted by Gasteiger charge is -2.03. The van der Waals surface area contributed by atoms with Gasteiger partial charge in [-0.2, -0.15) is 5.26 Å². The first kappa shape index (κ1) is 13.1. The quantitative estimate of drug-likeness (QED) is 0.770. The third-order valence-electron chi connectivity index (χ3n) is 3.02. The summed E-state index contributed by atoms with van der Waals surface area (Å²) in [5.41, 5.74) is 1.81. The van der Waals surface area contributed by atoms with E-state index >= 15 is 0 Å². The fourth-order valence-corrected chi connectivity index (χ4v) is 2.06. The Bertz CT molecular complexity index is 818. The van der Waals surface area contributed by atoms with Crippen molar-refractivity contribution < 1.29 is 4.39 Å². The Labute approximate surface area is 120 Å². The van der Waals surface area contributed by atoms with Crippen LogP contribution >= 0.6 is 0 Å². The number of rotatable bonds is 4. The number of nitrogens with one attached hydrogen (secondary N) is 2. The van der Waals surface area contributed by atoms with Crippen LogP contribution in [0.3, 0.4) is 0 Å². The van der Waals surface area contributed by atoms with Crippen molar-refractivity contribution in [1.29, 1.82) is 5.26 Å². The topological polar surface area (TPSA) is 77.4 Å². The Hall–Kier alpha value is -2.94. The molecule has 0 aliphatic heterocycles. The van der Waals surface area contributed by atoms with E-state index in [0.29, 0.717) is 30.0 Å². The molecule has 0 amide bonds. The number of H-pyrrole nitrogens is 1. The molecule has 0 radical (unpaired) electrons. The summed E-state index contributed by atoms with van der Waals surface area (Å²) in [4.78, 5) is 11.6. The zero-order valence-electron chi connectivity index (χ0n) is 11.1. The van der Waals surface area contributed by atoms with E-state index in [1.54, 1.807) is 24.3 Å². The average Bonchev–Trinajstić information content (AvgIpc) is 2.89. The van der Waals surface area contributed by atoms with Crippen molar-refractivity contribution in [3.63, 3.8) is 0 Å². The van der Waals surface area contributed by atoms with E-state index in [9.17, 15) is 4.39 Å². The number of halogens is 1. The summed E-state index contributed by atoms with van der Waals surface area (Å²) in [7, 11) is 0. The van der Waals surface area contributed by atoms with Crippen LogP contribution in [0.25, 0.3) is 11.0 Å². The molecule has 0 aliphatic rings. The van der Waals surface area contributed by atoms with Gasteiger partial charge in [-0.1, -0.05) is 6.07 Å². The maximum absolute atomic E-state index is 13.1. The standard InChI is InChI=1S/C15H12FN5/c16-10-4-5-12-13(8-10)21-15(20-12)6-7-18-14-3-1-2-11(9-17)19-14/h1-5,8H,6-7H2,(H,18,19)(H,20,21). The predicted octanol–water partition coefficient (Wildman–Crippen LogP) is 2.62. The van der Waals surface area contributed by atoms with Crippen LogP contribution in [-0.2, 0) is 6.42 Å². The Kier molecular flexibility index (Phi) is 3.48. The van der Waals surface area contributed by atoms with Crippen molar-refractivity contribution in [3.8, 4) is 6.07 Å². The van der Waals surface area contributed by atoms with Gasteiger partial charge in [0.1, 0.15) is 29.2 Å². The first-order valence-corrected chi connectivity index (χ1v) is 6.50. The van der Waals surface area contributed by atoms with Gasteiger partial charge >= 0.3 is 0 Å². The number of nitriles is 1. The lowest BCUT2D eigenvalue weighted by atomic mass is 10.3. The number of hydrogen-bond acceptors (Lipinski definition) is 4. The van der Waals surface area contributed by atoms with E-state index in [2.05, 4.69) is 20.3 Å². The molecule has 2 heterocycles. The van der Waals surface area contributed by atoms with Crippen molar-refractivity contribution in [3.05, 3.63) is 53.7 Å².